The topological polar surface area (TPSA) is 58.2 Å². The van der Waals surface area contributed by atoms with E-state index in [9.17, 15) is 9.59 Å². The minimum absolute atomic E-state index is 0.145. The molecule has 25 heavy (non-hydrogen) atoms. The number of fused-ring (bicyclic) bond motifs is 1. The van der Waals surface area contributed by atoms with Crippen molar-refractivity contribution < 1.29 is 9.59 Å². The van der Waals surface area contributed by atoms with Gasteiger partial charge < -0.3 is 10.6 Å². The van der Waals surface area contributed by atoms with Gasteiger partial charge in [0.15, 0.2) is 0 Å². The molecule has 0 fully saturated rings. The van der Waals surface area contributed by atoms with E-state index in [0.29, 0.717) is 24.2 Å². The third-order valence-electron chi connectivity index (χ3n) is 3.82. The molecule has 0 radical (unpaired) electrons. The lowest BCUT2D eigenvalue weighted by atomic mass is 10.0. The molecule has 0 saturated carbocycles. The molecule has 3 aromatic carbocycles. The van der Waals surface area contributed by atoms with Gasteiger partial charge in [0.1, 0.15) is 0 Å². The lowest BCUT2D eigenvalue weighted by Gasteiger charge is -2.09. The number of halogens is 1. The Labute approximate surface area is 154 Å². The van der Waals surface area contributed by atoms with Crippen molar-refractivity contribution in [3.05, 3.63) is 82.3 Å². The van der Waals surface area contributed by atoms with E-state index < -0.39 is 0 Å². The van der Waals surface area contributed by atoms with Crippen LogP contribution in [0.2, 0.25) is 0 Å². The van der Waals surface area contributed by atoms with Gasteiger partial charge in [-0.15, -0.1) is 0 Å². The van der Waals surface area contributed by atoms with Crippen molar-refractivity contribution in [3.8, 4) is 0 Å². The fraction of sp³-hybridized carbons (Fsp3) is 0.100. The fourth-order valence-corrected chi connectivity index (χ4v) is 3.00. The zero-order valence-corrected chi connectivity index (χ0v) is 15.0. The Morgan fingerprint density at radius 2 is 1.48 bits per heavy atom. The highest BCUT2D eigenvalue weighted by atomic mass is 79.9. The highest BCUT2D eigenvalue weighted by Gasteiger charge is 2.09. The Hall–Kier alpha value is -2.66. The number of rotatable bonds is 5. The predicted octanol–water partition coefficient (Wildman–Crippen LogP) is 3.76. The zero-order valence-electron chi connectivity index (χ0n) is 13.5. The number of nitrogens with one attached hydrogen (secondary N) is 2. The lowest BCUT2D eigenvalue weighted by molar-refractivity contribution is 0.0928. The molecular formula is C20H17BrN2O2. The van der Waals surface area contributed by atoms with Gasteiger partial charge in [-0.3, -0.25) is 9.59 Å². The summed E-state index contributed by atoms with van der Waals surface area (Å²) in [5.41, 5.74) is 1.21. The molecule has 0 atom stereocenters. The molecule has 0 aliphatic heterocycles. The average Bonchev–Trinajstić information content (AvgIpc) is 2.64. The lowest BCUT2D eigenvalue weighted by Crippen LogP contribution is -2.34. The summed E-state index contributed by atoms with van der Waals surface area (Å²) in [6, 6.07) is 20.6. The van der Waals surface area contributed by atoms with E-state index in [-0.39, 0.29) is 11.8 Å². The van der Waals surface area contributed by atoms with Crippen LogP contribution in [0.4, 0.5) is 0 Å². The van der Waals surface area contributed by atoms with Gasteiger partial charge in [-0.2, -0.15) is 0 Å². The molecular weight excluding hydrogens is 380 g/mol. The normalized spacial score (nSPS) is 10.4. The van der Waals surface area contributed by atoms with Crippen molar-refractivity contribution in [3.63, 3.8) is 0 Å². The molecule has 0 aliphatic carbocycles. The predicted molar refractivity (Wildman–Crippen MR) is 103 cm³/mol. The summed E-state index contributed by atoms with van der Waals surface area (Å²) in [5, 5.41) is 7.59. The summed E-state index contributed by atoms with van der Waals surface area (Å²) >= 11 is 3.34. The van der Waals surface area contributed by atoms with Gasteiger partial charge >= 0.3 is 0 Å². The van der Waals surface area contributed by atoms with Crippen molar-refractivity contribution in [2.45, 2.75) is 0 Å². The Morgan fingerprint density at radius 3 is 2.28 bits per heavy atom. The van der Waals surface area contributed by atoms with Gasteiger partial charge in [-0.25, -0.2) is 0 Å². The van der Waals surface area contributed by atoms with E-state index in [1.807, 2.05) is 42.5 Å². The highest BCUT2D eigenvalue weighted by Crippen LogP contribution is 2.18. The van der Waals surface area contributed by atoms with E-state index in [1.165, 1.54) is 0 Å². The Kier molecular flexibility index (Phi) is 5.46. The van der Waals surface area contributed by atoms with Gasteiger partial charge in [0, 0.05) is 28.7 Å². The SMILES string of the molecule is O=C(NCCNC(=O)c1cccc2ccccc12)c1cccc(Br)c1. The molecule has 0 spiro atoms. The first kappa shape index (κ1) is 17.2. The number of hydrogen-bond acceptors (Lipinski definition) is 2. The third kappa shape index (κ3) is 4.25. The van der Waals surface area contributed by atoms with Gasteiger partial charge in [0.25, 0.3) is 11.8 Å². The maximum absolute atomic E-state index is 12.4. The maximum atomic E-state index is 12.4. The first-order valence-corrected chi connectivity index (χ1v) is 8.74. The Morgan fingerprint density at radius 1 is 0.800 bits per heavy atom. The smallest absolute Gasteiger partial charge is 0.251 e. The molecule has 0 saturated heterocycles. The van der Waals surface area contributed by atoms with Crippen LogP contribution in [0.5, 0.6) is 0 Å². The molecule has 3 aromatic rings. The number of amides is 2. The first-order valence-electron chi connectivity index (χ1n) is 7.95. The summed E-state index contributed by atoms with van der Waals surface area (Å²) in [7, 11) is 0. The van der Waals surface area contributed by atoms with Crippen LogP contribution in [0.25, 0.3) is 10.8 Å². The number of benzene rings is 3. The van der Waals surface area contributed by atoms with E-state index in [0.717, 1.165) is 15.2 Å². The highest BCUT2D eigenvalue weighted by molar-refractivity contribution is 9.10. The summed E-state index contributed by atoms with van der Waals surface area (Å²) in [5.74, 6) is -0.311. The second kappa shape index (κ2) is 7.94. The standard InChI is InChI=1S/C20H17BrN2O2/c21-16-8-3-7-15(13-16)19(24)22-11-12-23-20(25)18-10-4-6-14-5-1-2-9-17(14)18/h1-10,13H,11-12H2,(H,22,24)(H,23,25). The van der Waals surface area contributed by atoms with Crippen LogP contribution in [0, 0.1) is 0 Å². The minimum atomic E-state index is -0.166. The average molecular weight is 397 g/mol. The molecule has 2 N–H and O–H groups in total. The summed E-state index contributed by atoms with van der Waals surface area (Å²) < 4.78 is 0.851. The van der Waals surface area contributed by atoms with Crippen LogP contribution in [0.1, 0.15) is 20.7 Å². The van der Waals surface area contributed by atoms with Crippen LogP contribution in [0.15, 0.2) is 71.2 Å². The third-order valence-corrected chi connectivity index (χ3v) is 4.31. The molecule has 3 rings (SSSR count). The van der Waals surface area contributed by atoms with E-state index in [2.05, 4.69) is 26.6 Å². The van der Waals surface area contributed by atoms with E-state index >= 15 is 0 Å². The first-order chi connectivity index (χ1) is 12.1. The van der Waals surface area contributed by atoms with Crippen LogP contribution in [-0.2, 0) is 0 Å². The minimum Gasteiger partial charge on any atom is -0.350 e. The summed E-state index contributed by atoms with van der Waals surface area (Å²) in [4.78, 5) is 24.4. The van der Waals surface area contributed by atoms with Gasteiger partial charge in [0.2, 0.25) is 0 Å². The molecule has 126 valence electrons. The zero-order chi connectivity index (χ0) is 17.6. The van der Waals surface area contributed by atoms with Gasteiger partial charge in [0.05, 0.1) is 0 Å². The monoisotopic (exact) mass is 396 g/mol. The molecule has 5 heteroatoms. The number of hydrogen-bond donors (Lipinski definition) is 2. The molecule has 0 aromatic heterocycles. The van der Waals surface area contributed by atoms with Gasteiger partial charge in [-0.1, -0.05) is 58.4 Å². The van der Waals surface area contributed by atoms with E-state index in [4.69, 9.17) is 0 Å². The molecule has 2 amide bonds. The van der Waals surface area contributed by atoms with Crippen molar-refractivity contribution in [2.75, 3.05) is 13.1 Å². The quantitative estimate of drug-likeness (QED) is 0.645. The number of carbonyl (C=O) groups is 2. The summed E-state index contributed by atoms with van der Waals surface area (Å²) in [6.07, 6.45) is 0. The maximum Gasteiger partial charge on any atom is 0.251 e. The Balaban J connectivity index is 1.55. The van der Waals surface area contributed by atoms with E-state index in [1.54, 1.807) is 24.3 Å². The molecule has 4 nitrogen and oxygen atoms in total. The summed E-state index contributed by atoms with van der Waals surface area (Å²) in [6.45, 7) is 0.726. The van der Waals surface area contributed by atoms with Crippen molar-refractivity contribution in [2.24, 2.45) is 0 Å². The molecule has 0 bridgehead atoms. The fourth-order valence-electron chi connectivity index (χ4n) is 2.60. The van der Waals surface area contributed by atoms with Crippen LogP contribution >= 0.6 is 15.9 Å². The Bertz CT molecular complexity index is 919. The van der Waals surface area contributed by atoms with Crippen molar-refractivity contribution in [1.82, 2.24) is 10.6 Å². The van der Waals surface area contributed by atoms with Crippen molar-refractivity contribution in [1.29, 1.82) is 0 Å². The molecule has 0 heterocycles. The van der Waals surface area contributed by atoms with Gasteiger partial charge in [-0.05, 0) is 35.0 Å². The van der Waals surface area contributed by atoms with Crippen LogP contribution < -0.4 is 10.6 Å². The largest absolute Gasteiger partial charge is 0.350 e. The van der Waals surface area contributed by atoms with Crippen molar-refractivity contribution >= 4 is 38.5 Å². The van der Waals surface area contributed by atoms with Crippen LogP contribution in [-0.4, -0.2) is 24.9 Å². The van der Waals surface area contributed by atoms with Crippen LogP contribution in [0.3, 0.4) is 0 Å². The molecule has 0 aliphatic rings. The number of carbonyl (C=O) groups excluding carboxylic acids is 2. The second-order valence-electron chi connectivity index (χ2n) is 5.55. The molecule has 0 unspecified atom stereocenters. The second-order valence-corrected chi connectivity index (χ2v) is 6.46.